The second-order valence-electron chi connectivity index (χ2n) is 6.39. The predicted octanol–water partition coefficient (Wildman–Crippen LogP) is 2.20. The van der Waals surface area contributed by atoms with Crippen LogP contribution in [0.25, 0.3) is 0 Å². The number of hydrogen-bond acceptors (Lipinski definition) is 3. The number of halogens is 1. The minimum atomic E-state index is 0. The Balaban J connectivity index is 0.00000161. The van der Waals surface area contributed by atoms with Crippen molar-refractivity contribution in [2.75, 3.05) is 39.3 Å². The maximum atomic E-state index is 3.48. The van der Waals surface area contributed by atoms with E-state index in [4.69, 9.17) is 0 Å². The van der Waals surface area contributed by atoms with Gasteiger partial charge < -0.3 is 5.32 Å². The van der Waals surface area contributed by atoms with E-state index in [1.807, 2.05) is 0 Å². The van der Waals surface area contributed by atoms with Gasteiger partial charge in [0.05, 0.1) is 0 Å². The van der Waals surface area contributed by atoms with Gasteiger partial charge >= 0.3 is 0 Å². The van der Waals surface area contributed by atoms with Gasteiger partial charge in [-0.15, -0.1) is 12.4 Å². The molecule has 1 atom stereocenters. The molecule has 0 aliphatic carbocycles. The molecule has 2 aliphatic rings. The third kappa shape index (κ3) is 4.19. The number of nitrogens with one attached hydrogen (secondary N) is 1. The fraction of sp³-hybridized carbons (Fsp3) is 0.647. The Labute approximate surface area is 135 Å². The monoisotopic (exact) mass is 309 g/mol. The highest BCUT2D eigenvalue weighted by atomic mass is 35.5. The van der Waals surface area contributed by atoms with Crippen LogP contribution in [0.15, 0.2) is 18.2 Å². The van der Waals surface area contributed by atoms with Crippen LogP contribution in [0.3, 0.4) is 0 Å². The lowest BCUT2D eigenvalue weighted by atomic mass is 10.0. The fourth-order valence-corrected chi connectivity index (χ4v) is 3.45. The van der Waals surface area contributed by atoms with E-state index >= 15 is 0 Å². The van der Waals surface area contributed by atoms with Gasteiger partial charge in [-0.2, -0.15) is 0 Å². The van der Waals surface area contributed by atoms with Crippen molar-refractivity contribution in [1.29, 1.82) is 0 Å². The van der Waals surface area contributed by atoms with Crippen LogP contribution >= 0.6 is 12.4 Å². The average Bonchev–Trinajstić information content (AvgIpc) is 2.98. The molecule has 21 heavy (non-hydrogen) atoms. The number of rotatable bonds is 3. The zero-order valence-corrected chi connectivity index (χ0v) is 14.1. The first-order valence-corrected chi connectivity index (χ1v) is 7.95. The summed E-state index contributed by atoms with van der Waals surface area (Å²) in [5, 5.41) is 3.48. The summed E-state index contributed by atoms with van der Waals surface area (Å²) in [4.78, 5) is 5.29. The molecular weight excluding hydrogens is 282 g/mol. The van der Waals surface area contributed by atoms with Crippen LogP contribution in [0.5, 0.6) is 0 Å². The highest BCUT2D eigenvalue weighted by Crippen LogP contribution is 2.16. The molecule has 1 unspecified atom stereocenters. The number of nitrogens with zero attached hydrogens (tertiary/aromatic N) is 2. The van der Waals surface area contributed by atoms with Crippen molar-refractivity contribution in [3.63, 3.8) is 0 Å². The Hall–Kier alpha value is -0.610. The summed E-state index contributed by atoms with van der Waals surface area (Å²) in [6.07, 6.45) is 1.33. The molecule has 2 fully saturated rings. The van der Waals surface area contributed by atoms with Crippen LogP contribution in [0, 0.1) is 13.8 Å². The number of piperazine rings is 1. The Kier molecular flexibility index (Phi) is 6.06. The van der Waals surface area contributed by atoms with E-state index in [1.165, 1.54) is 62.4 Å². The molecular formula is C17H28ClN3. The van der Waals surface area contributed by atoms with Crippen molar-refractivity contribution in [2.45, 2.75) is 32.9 Å². The van der Waals surface area contributed by atoms with Gasteiger partial charge in [0, 0.05) is 45.3 Å². The zero-order chi connectivity index (χ0) is 13.9. The second-order valence-corrected chi connectivity index (χ2v) is 6.39. The maximum absolute atomic E-state index is 3.48. The maximum Gasteiger partial charge on any atom is 0.0237 e. The molecule has 0 aromatic heterocycles. The van der Waals surface area contributed by atoms with Crippen molar-refractivity contribution < 1.29 is 0 Å². The van der Waals surface area contributed by atoms with Crippen LogP contribution in [0.4, 0.5) is 0 Å². The van der Waals surface area contributed by atoms with E-state index in [1.54, 1.807) is 0 Å². The molecule has 3 nitrogen and oxygen atoms in total. The van der Waals surface area contributed by atoms with E-state index in [2.05, 4.69) is 47.2 Å². The van der Waals surface area contributed by atoms with E-state index in [9.17, 15) is 0 Å². The summed E-state index contributed by atoms with van der Waals surface area (Å²) >= 11 is 0. The fourth-order valence-electron chi connectivity index (χ4n) is 3.45. The minimum absolute atomic E-state index is 0. The first-order valence-electron chi connectivity index (χ1n) is 7.95. The third-order valence-corrected chi connectivity index (χ3v) is 4.86. The lowest BCUT2D eigenvalue weighted by molar-refractivity contribution is 0.0980. The largest absolute Gasteiger partial charge is 0.315 e. The van der Waals surface area contributed by atoms with Gasteiger partial charge in [0.1, 0.15) is 0 Å². The molecule has 2 heterocycles. The molecule has 4 heteroatoms. The average molecular weight is 310 g/mol. The van der Waals surface area contributed by atoms with E-state index in [0.717, 1.165) is 12.6 Å². The van der Waals surface area contributed by atoms with Crippen LogP contribution in [-0.4, -0.2) is 55.1 Å². The topological polar surface area (TPSA) is 18.5 Å². The van der Waals surface area contributed by atoms with E-state index in [-0.39, 0.29) is 12.4 Å². The molecule has 1 N–H and O–H groups in total. The number of aryl methyl sites for hydroxylation is 2. The molecule has 118 valence electrons. The molecule has 0 bridgehead atoms. The lowest BCUT2D eigenvalue weighted by Crippen LogP contribution is -2.50. The quantitative estimate of drug-likeness (QED) is 0.923. The van der Waals surface area contributed by atoms with Crippen molar-refractivity contribution in [2.24, 2.45) is 0 Å². The summed E-state index contributed by atoms with van der Waals surface area (Å²) in [6, 6.07) is 7.61. The first kappa shape index (κ1) is 16.8. The number of hydrogen-bond donors (Lipinski definition) is 1. The van der Waals surface area contributed by atoms with Gasteiger partial charge in [-0.25, -0.2) is 0 Å². The van der Waals surface area contributed by atoms with Crippen LogP contribution in [0.1, 0.15) is 23.1 Å². The van der Waals surface area contributed by atoms with Gasteiger partial charge in [-0.05, 0) is 37.9 Å². The molecule has 2 saturated heterocycles. The second kappa shape index (κ2) is 7.59. The summed E-state index contributed by atoms with van der Waals surface area (Å²) in [6.45, 7) is 12.8. The Morgan fingerprint density at radius 1 is 1.14 bits per heavy atom. The molecule has 0 spiro atoms. The van der Waals surface area contributed by atoms with Crippen molar-refractivity contribution >= 4 is 12.4 Å². The predicted molar refractivity (Wildman–Crippen MR) is 91.3 cm³/mol. The van der Waals surface area contributed by atoms with E-state index in [0.29, 0.717) is 0 Å². The van der Waals surface area contributed by atoms with E-state index < -0.39 is 0 Å². The van der Waals surface area contributed by atoms with Crippen molar-refractivity contribution in [3.05, 3.63) is 34.9 Å². The lowest BCUT2D eigenvalue weighted by Gasteiger charge is -2.38. The minimum Gasteiger partial charge on any atom is -0.315 e. The van der Waals surface area contributed by atoms with Gasteiger partial charge in [0.2, 0.25) is 0 Å². The highest BCUT2D eigenvalue weighted by Gasteiger charge is 2.25. The SMILES string of the molecule is Cc1ccc(C)c(CN2CCN(C3CCNC3)CC2)c1.Cl. The van der Waals surface area contributed by atoms with Gasteiger partial charge in [-0.3, -0.25) is 9.80 Å². The zero-order valence-electron chi connectivity index (χ0n) is 13.3. The molecule has 0 saturated carbocycles. The third-order valence-electron chi connectivity index (χ3n) is 4.86. The van der Waals surface area contributed by atoms with Crippen LogP contribution in [0.2, 0.25) is 0 Å². The highest BCUT2D eigenvalue weighted by molar-refractivity contribution is 5.85. The first-order chi connectivity index (χ1) is 9.72. The van der Waals surface area contributed by atoms with Gasteiger partial charge in [0.25, 0.3) is 0 Å². The summed E-state index contributed by atoms with van der Waals surface area (Å²) in [5.74, 6) is 0. The van der Waals surface area contributed by atoms with Crippen molar-refractivity contribution in [3.8, 4) is 0 Å². The smallest absolute Gasteiger partial charge is 0.0237 e. The Morgan fingerprint density at radius 3 is 2.57 bits per heavy atom. The van der Waals surface area contributed by atoms with Crippen LogP contribution in [-0.2, 0) is 6.54 Å². The van der Waals surface area contributed by atoms with Crippen molar-refractivity contribution in [1.82, 2.24) is 15.1 Å². The molecule has 1 aromatic carbocycles. The summed E-state index contributed by atoms with van der Waals surface area (Å²) in [7, 11) is 0. The van der Waals surface area contributed by atoms with Crippen LogP contribution < -0.4 is 5.32 Å². The number of benzene rings is 1. The molecule has 0 amide bonds. The summed E-state index contributed by atoms with van der Waals surface area (Å²) < 4.78 is 0. The van der Waals surface area contributed by atoms with Gasteiger partial charge in [0.15, 0.2) is 0 Å². The molecule has 2 aliphatic heterocycles. The Morgan fingerprint density at radius 2 is 1.90 bits per heavy atom. The standard InChI is InChI=1S/C17H27N3.ClH/c1-14-3-4-15(2)16(11-14)13-19-7-9-20(10-8-19)17-5-6-18-12-17;/h3-4,11,17-18H,5-10,12-13H2,1-2H3;1H. The normalized spacial score (nSPS) is 24.0. The Bertz CT molecular complexity index is 449. The van der Waals surface area contributed by atoms with Gasteiger partial charge in [-0.1, -0.05) is 23.8 Å². The molecule has 1 aromatic rings. The summed E-state index contributed by atoms with van der Waals surface area (Å²) in [5.41, 5.74) is 4.31. The molecule has 0 radical (unpaired) electrons. The molecule has 3 rings (SSSR count).